The average molecular weight is 2030 g/mol. The number of hydrogen-bond donors (Lipinski definition) is 21. The highest BCUT2D eigenvalue weighted by Crippen LogP contribution is 2.59. The molecule has 9 aliphatic heterocycles. The van der Waals surface area contributed by atoms with E-state index in [1.165, 1.54) is 44.6 Å². The summed E-state index contributed by atoms with van der Waals surface area (Å²) >= 11 is 0. The number of nitrogens with one attached hydrogen (secondary N) is 3. The Morgan fingerprint density at radius 2 is 0.684 bits per heavy atom. The first kappa shape index (κ1) is 94.8. The third kappa shape index (κ3) is 18.1. The molecule has 0 radical (unpaired) electrons. The highest BCUT2D eigenvalue weighted by molar-refractivity contribution is 7.48. The van der Waals surface area contributed by atoms with Crippen LogP contribution in [0, 0.1) is 6.92 Å². The van der Waals surface area contributed by atoms with Crippen molar-refractivity contribution in [1.29, 1.82) is 0 Å². The molecule has 6 bridgehead atoms. The van der Waals surface area contributed by atoms with Gasteiger partial charge in [-0.1, -0.05) is 0 Å². The summed E-state index contributed by atoms with van der Waals surface area (Å²) in [5.41, 5.74) is 34.0. The van der Waals surface area contributed by atoms with Crippen molar-refractivity contribution in [2.45, 2.75) is 154 Å². The molecule has 732 valence electrons. The maximum Gasteiger partial charge on any atom is 0.472 e. The minimum atomic E-state index is -5.12. The number of H-pyrrole nitrogens is 3. The Bertz CT molecular complexity index is 6890. The summed E-state index contributed by atoms with van der Waals surface area (Å²) in [6.45, 7) is -3.31. The maximum absolute atomic E-state index is 13.2. The Balaban J connectivity index is 0.000000131. The van der Waals surface area contributed by atoms with Crippen molar-refractivity contribution in [2.24, 2.45) is 0 Å². The van der Waals surface area contributed by atoms with Gasteiger partial charge in [-0.15, -0.1) is 0 Å². The maximum atomic E-state index is 13.2. The molecule has 21 heterocycles. The number of phosphoric acid groups is 6. The number of nitrogen functional groups attached to an aromatic ring is 6. The lowest BCUT2D eigenvalue weighted by Gasteiger charge is -2.25. The van der Waals surface area contributed by atoms with E-state index in [-0.39, 0.29) is 96.9 Å². The second-order valence-corrected chi connectivity index (χ2v) is 39.7. The zero-order chi connectivity index (χ0) is 96.4. The van der Waals surface area contributed by atoms with Crippen LogP contribution >= 0.6 is 46.9 Å². The van der Waals surface area contributed by atoms with Crippen LogP contribution in [0.1, 0.15) is 54.3 Å². The Morgan fingerprint density at radius 3 is 1.10 bits per heavy atom. The number of aromatic amines is 3. The number of anilines is 6. The molecular weight excluding hydrogens is 1960 g/mol. The molecule has 6 unspecified atom stereocenters. The molecule has 0 spiro atoms. The van der Waals surface area contributed by atoms with Gasteiger partial charge >= 0.3 is 46.9 Å². The number of hydrogen-bond acceptors (Lipinski definition) is 51. The third-order valence-corrected chi connectivity index (χ3v) is 28.4. The van der Waals surface area contributed by atoms with Crippen molar-refractivity contribution in [1.82, 2.24) is 102 Å². The van der Waals surface area contributed by atoms with Crippen LogP contribution in [0.2, 0.25) is 0 Å². The van der Waals surface area contributed by atoms with E-state index < -0.39 is 250 Å². The molecule has 9 saturated heterocycles. The molecule has 21 rings (SSSR count). The molecule has 30 atom stereocenters. The van der Waals surface area contributed by atoms with Crippen LogP contribution in [0.15, 0.2) is 82.5 Å². The monoisotopic (exact) mass is 2030 g/mol. The second kappa shape index (κ2) is 35.6. The van der Waals surface area contributed by atoms with Gasteiger partial charge in [0.15, 0.2) is 75.5 Å². The van der Waals surface area contributed by atoms with Gasteiger partial charge in [-0.05, 0) is 31.2 Å². The highest BCUT2D eigenvalue weighted by atomic mass is 31.2. The van der Waals surface area contributed by atoms with E-state index in [1.54, 1.807) is 25.1 Å². The van der Waals surface area contributed by atoms with Crippen LogP contribution in [-0.4, -0.2) is 312 Å². The number of aryl methyl sites for hydroxylation is 1. The smallest absolute Gasteiger partial charge is 0.397 e. The van der Waals surface area contributed by atoms with Crippen molar-refractivity contribution in [3.05, 3.63) is 116 Å². The van der Waals surface area contributed by atoms with E-state index in [2.05, 4.69) is 75.0 Å². The molecule has 0 aromatic carbocycles. The summed E-state index contributed by atoms with van der Waals surface area (Å²) in [5.74, 6) is -0.514. The van der Waals surface area contributed by atoms with E-state index in [0.717, 1.165) is 32.7 Å². The van der Waals surface area contributed by atoms with E-state index in [4.69, 9.17) is 117 Å². The fraction of sp³-hybridized carbons (Fsp3) is 0.484. The Kier molecular flexibility index (Phi) is 24.9. The normalized spacial score (nSPS) is 37.5. The standard InChI is InChI=1S/C22H26N8O13P2.C21H26N10O13P2.C21H25N9O13P2/c23-8-3-4-26-30-9(8)1-2-10(30)16-15(32)17-12(40-16)6-39-45(36,37)43-18-14(31)11(5-38-44(34,35)42-17)41-21(18)29-7-25-13-19(29)27-22(24)28-20(13)33;1-6-26-15(22)9-16(27-6)30(4-24-9)19-12(33)13-8(42-19)3-40-46(37,38)44-14-11(32)7(2-39-45(35,36)43-13)41-20(14)31-5-25-10-17(31)28-21(23)29-18(10)34;22-7-1-2-26-30-8(3-24-17(7)30)14-13(32)15-10(40-14)5-39-45(36,37)43-16-12(31)9(4-38-44(34,35)42-15)41-20(16)29-6-25-11-18(29)27-21(23)28-19(11)33/h1-4,7,11-12,14-18,21,31-32H,5-6,23H2,(H,34,35)(H,36,37)(H3,24,27,28,33);4-5,7-8,11-14,19-20,32-33H,2-3H2,1H3,(H,35,36)(H,37,38)(H2,22,26,27)(H3,23,28,29,34);1-3,6,9-10,12-16,20,31-32H,4-5,22H2,(H,34,35)(H,36,37)(H3,23,27,28,33)/t11-,12-,14-,15+,16+,17-,18-,21-;7-,8-,11-,12-,13-,14-,19-,20-;9-,10-,12-,13+,14+,15-,16-,20-/m111/s1. The van der Waals surface area contributed by atoms with Gasteiger partial charge in [0.1, 0.15) is 133 Å². The molecule has 66 nitrogen and oxygen atoms in total. The lowest BCUT2D eigenvalue weighted by atomic mass is 10.1. The predicted molar refractivity (Wildman–Crippen MR) is 440 cm³/mol. The molecule has 0 amide bonds. The number of aliphatic hydroxyl groups excluding tert-OH is 6. The van der Waals surface area contributed by atoms with E-state index >= 15 is 0 Å². The van der Waals surface area contributed by atoms with Crippen LogP contribution in [0.4, 0.5) is 35.0 Å². The summed E-state index contributed by atoms with van der Waals surface area (Å²) in [7, 11) is -30.5. The molecule has 0 saturated carbocycles. The van der Waals surface area contributed by atoms with Crippen LogP contribution in [0.3, 0.4) is 0 Å². The first-order valence-electron chi connectivity index (χ1n) is 39.7. The predicted octanol–water partition coefficient (Wildman–Crippen LogP) is -5.22. The van der Waals surface area contributed by atoms with Crippen LogP contribution in [-0.2, 0) is 110 Å². The molecule has 9 fully saturated rings. The number of nitrogens with two attached hydrogens (primary N) is 6. The number of ether oxygens (including phenoxy) is 6. The minimum Gasteiger partial charge on any atom is -0.397 e. The molecule has 9 aliphatic rings. The fourth-order valence-electron chi connectivity index (χ4n) is 16.4. The van der Waals surface area contributed by atoms with Crippen molar-refractivity contribution in [3.8, 4) is 0 Å². The van der Waals surface area contributed by atoms with Crippen LogP contribution in [0.25, 0.3) is 55.8 Å². The lowest BCUT2D eigenvalue weighted by Crippen LogP contribution is -2.36. The molecule has 0 aliphatic carbocycles. The number of imidazole rings is 5. The van der Waals surface area contributed by atoms with Crippen molar-refractivity contribution >= 4 is 138 Å². The Labute approximate surface area is 751 Å². The van der Waals surface area contributed by atoms with Crippen molar-refractivity contribution < 1.29 is 170 Å². The average Bonchev–Trinajstić information content (AvgIpc) is 1.59. The highest BCUT2D eigenvalue weighted by Gasteiger charge is 2.59. The summed E-state index contributed by atoms with van der Waals surface area (Å²) in [6.07, 6.45) is -28.9. The van der Waals surface area contributed by atoms with Gasteiger partial charge in [0.2, 0.25) is 17.8 Å². The third-order valence-electron chi connectivity index (χ3n) is 22.5. The molecule has 12 aromatic heterocycles. The van der Waals surface area contributed by atoms with Gasteiger partial charge in [0.25, 0.3) is 16.7 Å². The summed E-state index contributed by atoms with van der Waals surface area (Å²) in [6, 6.07) is 6.25. The number of rotatable bonds is 6. The van der Waals surface area contributed by atoms with Gasteiger partial charge in [0, 0.05) is 6.20 Å². The Hall–Kier alpha value is -10.1. The van der Waals surface area contributed by atoms with Crippen LogP contribution in [0.5, 0.6) is 0 Å². The van der Waals surface area contributed by atoms with Crippen LogP contribution < -0.4 is 51.1 Å². The molecular formula is C64H77N27O39P6. The lowest BCUT2D eigenvalue weighted by molar-refractivity contribution is -0.0672. The van der Waals surface area contributed by atoms with Gasteiger partial charge in [-0.25, -0.2) is 71.3 Å². The van der Waals surface area contributed by atoms with Crippen molar-refractivity contribution in [3.63, 3.8) is 0 Å². The largest absolute Gasteiger partial charge is 0.472 e. The van der Waals surface area contributed by atoms with E-state index in [0.29, 0.717) is 11.2 Å². The minimum absolute atomic E-state index is 0.0505. The van der Waals surface area contributed by atoms with Gasteiger partial charge in [-0.2, -0.15) is 25.1 Å². The number of fused-ring (bicyclic) bond motifs is 15. The molecule has 136 heavy (non-hydrogen) atoms. The SMILES string of the molecule is Cc1nc(N)c2ncn([C@@H]3O[C@@H]4COP(=O)(O)O[C@@H]5[C@H](O)[C@@H](COP(=O)(O)O[C@H]4[C@H]3O)O[C@H]5n3cnc4c(=O)[nH]c(N)nc43)c2n1.Nc1nc2c(ncn2[C@@H]2O[C@@H]3COP(=O)(O)O[C@H]4[C@@H](O)[C@H](c5ccc6c(N)ccnn56)O[C@@H]4COP(=O)(O)O[C@@H]2[C@@H]3O)c(=O)[nH]1.Nc1nc2c(ncn2[C@@H]2O[C@@H]3COP(=O)(O)O[C@H]4[C@@H](O)[C@H](c5cnc6c(N)ccnn56)O[C@@H]4COP(=O)(O)O[C@@H]2[C@@H]3O)c(=O)[nH]1. The molecule has 72 heteroatoms. The molecule has 12 aromatic rings. The quantitative estimate of drug-likeness (QED) is 0.0692. The first-order valence-corrected chi connectivity index (χ1v) is 48.7. The topological polar surface area (TPSA) is 949 Å². The zero-order valence-corrected chi connectivity index (χ0v) is 73.9. The van der Waals surface area contributed by atoms with Crippen molar-refractivity contribution in [2.75, 3.05) is 74.0 Å². The van der Waals surface area contributed by atoms with E-state index in [1.807, 2.05) is 0 Å². The number of aromatic nitrogens is 21. The second-order valence-electron chi connectivity index (χ2n) is 31.3. The fourth-order valence-corrected chi connectivity index (χ4v) is 22.1. The zero-order valence-electron chi connectivity index (χ0n) is 68.5. The van der Waals surface area contributed by atoms with Gasteiger partial charge in [0.05, 0.1) is 106 Å². The first-order chi connectivity index (χ1) is 64.3. The molecule has 27 N–H and O–H groups in total. The number of aliphatic hydroxyl groups is 6. The van der Waals surface area contributed by atoms with Gasteiger partial charge in [-0.3, -0.25) is 102 Å². The summed E-state index contributed by atoms with van der Waals surface area (Å²) < 4.78 is 184. The van der Waals surface area contributed by atoms with E-state index in [9.17, 15) is 102 Å². The number of phosphoric ester groups is 6. The Morgan fingerprint density at radius 1 is 0.353 bits per heavy atom. The summed E-state index contributed by atoms with van der Waals surface area (Å²) in [5, 5.41) is 74.9. The summed E-state index contributed by atoms with van der Waals surface area (Å²) in [4.78, 5) is 148. The van der Waals surface area contributed by atoms with Gasteiger partial charge < -0.3 is 123 Å². The number of nitrogens with zero attached hydrogens (tertiary/aromatic N) is 18.